The average molecular weight is 281 g/mol. The number of hydrogen-bond acceptors (Lipinski definition) is 4. The molecule has 1 amide bonds. The van der Waals surface area contributed by atoms with Crippen molar-refractivity contribution >= 4 is 17.3 Å². The SMILES string of the molecule is CN1CCCC(C(=O)Nc2cccc([N+](=O)[O-])c2F)C1. The second-order valence-corrected chi connectivity index (χ2v) is 4.99. The van der Waals surface area contributed by atoms with Crippen LogP contribution < -0.4 is 5.32 Å². The number of rotatable bonds is 3. The van der Waals surface area contributed by atoms with Gasteiger partial charge >= 0.3 is 5.69 Å². The first-order valence-electron chi connectivity index (χ1n) is 6.41. The number of carbonyl (C=O) groups excluding carboxylic acids is 1. The van der Waals surface area contributed by atoms with Crippen molar-refractivity contribution in [3.05, 3.63) is 34.1 Å². The van der Waals surface area contributed by atoms with Crippen LogP contribution in [0, 0.1) is 21.8 Å². The summed E-state index contributed by atoms with van der Waals surface area (Å²) in [6.45, 7) is 1.55. The minimum Gasteiger partial charge on any atom is -0.323 e. The molecule has 1 aromatic carbocycles. The lowest BCUT2D eigenvalue weighted by Gasteiger charge is -2.28. The highest BCUT2D eigenvalue weighted by Crippen LogP contribution is 2.25. The quantitative estimate of drug-likeness (QED) is 0.679. The van der Waals surface area contributed by atoms with E-state index in [0.29, 0.717) is 6.54 Å². The number of nitrogens with one attached hydrogen (secondary N) is 1. The van der Waals surface area contributed by atoms with E-state index in [1.165, 1.54) is 12.1 Å². The summed E-state index contributed by atoms with van der Waals surface area (Å²) in [6, 6.07) is 3.75. The van der Waals surface area contributed by atoms with E-state index in [2.05, 4.69) is 5.32 Å². The molecule has 7 heteroatoms. The number of carbonyl (C=O) groups is 1. The third-order valence-electron chi connectivity index (χ3n) is 3.43. The van der Waals surface area contributed by atoms with Crippen LogP contribution in [0.15, 0.2) is 18.2 Å². The molecule has 1 atom stereocenters. The molecular weight excluding hydrogens is 265 g/mol. The van der Waals surface area contributed by atoms with Gasteiger partial charge in [-0.2, -0.15) is 4.39 Å². The molecule has 0 radical (unpaired) electrons. The fraction of sp³-hybridized carbons (Fsp3) is 0.462. The molecule has 1 aromatic rings. The van der Waals surface area contributed by atoms with Crippen LogP contribution in [0.1, 0.15) is 12.8 Å². The zero-order chi connectivity index (χ0) is 14.7. The van der Waals surface area contributed by atoms with Gasteiger partial charge in [-0.15, -0.1) is 0 Å². The van der Waals surface area contributed by atoms with Gasteiger partial charge in [-0.05, 0) is 32.5 Å². The van der Waals surface area contributed by atoms with Gasteiger partial charge in [0.15, 0.2) is 0 Å². The number of nitro groups is 1. The van der Waals surface area contributed by atoms with Gasteiger partial charge in [0.2, 0.25) is 11.7 Å². The Kier molecular flexibility index (Phi) is 4.29. The summed E-state index contributed by atoms with van der Waals surface area (Å²) in [5, 5.41) is 13.1. The highest BCUT2D eigenvalue weighted by molar-refractivity contribution is 5.93. The Labute approximate surface area is 115 Å². The predicted molar refractivity (Wildman–Crippen MR) is 71.9 cm³/mol. The molecule has 6 nitrogen and oxygen atoms in total. The average Bonchev–Trinajstić information content (AvgIpc) is 2.40. The summed E-state index contributed by atoms with van der Waals surface area (Å²) in [6.07, 6.45) is 1.65. The van der Waals surface area contributed by atoms with Crippen LogP contribution >= 0.6 is 0 Å². The van der Waals surface area contributed by atoms with Crippen molar-refractivity contribution in [2.75, 3.05) is 25.5 Å². The Balaban J connectivity index is 2.11. The van der Waals surface area contributed by atoms with Crippen molar-refractivity contribution in [3.63, 3.8) is 0 Å². The monoisotopic (exact) mass is 281 g/mol. The summed E-state index contributed by atoms with van der Waals surface area (Å²) < 4.78 is 13.9. The minimum atomic E-state index is -1.00. The maximum atomic E-state index is 13.9. The second-order valence-electron chi connectivity index (χ2n) is 4.99. The zero-order valence-corrected chi connectivity index (χ0v) is 11.1. The molecule has 0 bridgehead atoms. The number of likely N-dealkylation sites (tertiary alicyclic amines) is 1. The van der Waals surface area contributed by atoms with E-state index < -0.39 is 16.4 Å². The van der Waals surface area contributed by atoms with Gasteiger partial charge in [0.1, 0.15) is 0 Å². The van der Waals surface area contributed by atoms with Crippen LogP contribution in [-0.2, 0) is 4.79 Å². The lowest BCUT2D eigenvalue weighted by atomic mass is 9.97. The van der Waals surface area contributed by atoms with Crippen molar-refractivity contribution in [2.24, 2.45) is 5.92 Å². The van der Waals surface area contributed by atoms with E-state index in [9.17, 15) is 19.3 Å². The van der Waals surface area contributed by atoms with Crippen LogP contribution in [0.2, 0.25) is 0 Å². The van der Waals surface area contributed by atoms with Crippen molar-refractivity contribution in [1.29, 1.82) is 0 Å². The first kappa shape index (κ1) is 14.4. The Morgan fingerprint density at radius 3 is 2.95 bits per heavy atom. The fourth-order valence-electron chi connectivity index (χ4n) is 2.37. The first-order chi connectivity index (χ1) is 9.49. The van der Waals surface area contributed by atoms with E-state index in [4.69, 9.17) is 0 Å². The van der Waals surface area contributed by atoms with Crippen molar-refractivity contribution in [3.8, 4) is 0 Å². The molecule has 1 saturated heterocycles. The van der Waals surface area contributed by atoms with E-state index >= 15 is 0 Å². The Hall–Kier alpha value is -2.02. The van der Waals surface area contributed by atoms with Crippen LogP contribution in [0.4, 0.5) is 15.8 Å². The number of nitro benzene ring substituents is 1. The molecule has 1 N–H and O–H groups in total. The molecule has 1 heterocycles. The second kappa shape index (κ2) is 5.96. The lowest BCUT2D eigenvalue weighted by Crippen LogP contribution is -2.38. The highest BCUT2D eigenvalue weighted by atomic mass is 19.1. The summed E-state index contributed by atoms with van der Waals surface area (Å²) in [4.78, 5) is 24.0. The topological polar surface area (TPSA) is 75.5 Å². The molecule has 1 aliphatic heterocycles. The summed E-state index contributed by atoms with van der Waals surface area (Å²) in [7, 11) is 1.92. The Morgan fingerprint density at radius 2 is 2.30 bits per heavy atom. The summed E-state index contributed by atoms with van der Waals surface area (Å²) in [5.41, 5.74) is -0.777. The fourth-order valence-corrected chi connectivity index (χ4v) is 2.37. The van der Waals surface area contributed by atoms with Gasteiger partial charge in [0, 0.05) is 12.6 Å². The maximum Gasteiger partial charge on any atom is 0.306 e. The predicted octanol–water partition coefficient (Wildman–Crippen LogP) is 2.01. The van der Waals surface area contributed by atoms with Gasteiger partial charge < -0.3 is 10.2 Å². The normalized spacial score (nSPS) is 19.6. The van der Waals surface area contributed by atoms with E-state index in [-0.39, 0.29) is 17.5 Å². The third-order valence-corrected chi connectivity index (χ3v) is 3.43. The Morgan fingerprint density at radius 1 is 1.55 bits per heavy atom. The molecule has 20 heavy (non-hydrogen) atoms. The van der Waals surface area contributed by atoms with Gasteiger partial charge in [-0.25, -0.2) is 0 Å². The zero-order valence-electron chi connectivity index (χ0n) is 11.1. The molecule has 1 unspecified atom stereocenters. The van der Waals surface area contributed by atoms with Crippen molar-refractivity contribution < 1.29 is 14.1 Å². The van der Waals surface area contributed by atoms with Crippen molar-refractivity contribution in [1.82, 2.24) is 4.90 Å². The molecule has 0 aliphatic carbocycles. The number of anilines is 1. The maximum absolute atomic E-state index is 13.9. The molecule has 2 rings (SSSR count). The Bertz CT molecular complexity index is 536. The standard InChI is InChI=1S/C13H16FN3O3/c1-16-7-3-4-9(8-16)13(18)15-10-5-2-6-11(12(10)14)17(19)20/h2,5-6,9H,3-4,7-8H2,1H3,(H,15,18). The first-order valence-corrected chi connectivity index (χ1v) is 6.41. The molecular formula is C13H16FN3O3. The smallest absolute Gasteiger partial charge is 0.306 e. The molecule has 0 saturated carbocycles. The van der Waals surface area contributed by atoms with Gasteiger partial charge in [0.25, 0.3) is 0 Å². The van der Waals surface area contributed by atoms with Gasteiger partial charge in [-0.3, -0.25) is 14.9 Å². The number of hydrogen-bond donors (Lipinski definition) is 1. The van der Waals surface area contributed by atoms with Gasteiger partial charge in [0.05, 0.1) is 16.5 Å². The molecule has 1 fully saturated rings. The minimum absolute atomic E-state index is 0.141. The van der Waals surface area contributed by atoms with Crippen LogP contribution in [-0.4, -0.2) is 35.9 Å². The van der Waals surface area contributed by atoms with Crippen LogP contribution in [0.25, 0.3) is 0 Å². The molecule has 0 spiro atoms. The largest absolute Gasteiger partial charge is 0.323 e. The number of piperidine rings is 1. The summed E-state index contributed by atoms with van der Waals surface area (Å²) in [5.74, 6) is -1.52. The molecule has 108 valence electrons. The van der Waals surface area contributed by atoms with Crippen LogP contribution in [0.3, 0.4) is 0 Å². The van der Waals surface area contributed by atoms with E-state index in [1.807, 2.05) is 11.9 Å². The number of nitrogens with zero attached hydrogens (tertiary/aromatic N) is 2. The third kappa shape index (κ3) is 3.11. The van der Waals surface area contributed by atoms with E-state index in [1.54, 1.807) is 0 Å². The number of amides is 1. The van der Waals surface area contributed by atoms with Crippen LogP contribution in [0.5, 0.6) is 0 Å². The summed E-state index contributed by atoms with van der Waals surface area (Å²) >= 11 is 0. The molecule has 1 aliphatic rings. The van der Waals surface area contributed by atoms with Gasteiger partial charge in [-0.1, -0.05) is 6.07 Å². The lowest BCUT2D eigenvalue weighted by molar-refractivity contribution is -0.387. The highest BCUT2D eigenvalue weighted by Gasteiger charge is 2.26. The number of halogens is 1. The molecule has 0 aromatic heterocycles. The van der Waals surface area contributed by atoms with Crippen molar-refractivity contribution in [2.45, 2.75) is 12.8 Å². The number of benzene rings is 1. The van der Waals surface area contributed by atoms with E-state index in [0.717, 1.165) is 25.5 Å².